The monoisotopic (exact) mass is 386 g/mol. The van der Waals surface area contributed by atoms with Gasteiger partial charge < -0.3 is 20.0 Å². The molecule has 0 saturated carbocycles. The summed E-state index contributed by atoms with van der Waals surface area (Å²) in [5.41, 5.74) is 3.10. The van der Waals surface area contributed by atoms with E-state index in [1.54, 1.807) is 20.8 Å². The quantitative estimate of drug-likeness (QED) is 0.468. The lowest BCUT2D eigenvalue weighted by Crippen LogP contribution is -2.37. The fraction of sp³-hybridized carbons (Fsp3) is 0.381. The van der Waals surface area contributed by atoms with Crippen LogP contribution in [0.25, 0.3) is 0 Å². The number of nitrogens with zero attached hydrogens (tertiary/aromatic N) is 1. The molecule has 1 heterocycles. The third-order valence-corrected chi connectivity index (χ3v) is 4.44. The van der Waals surface area contributed by atoms with Gasteiger partial charge in [-0.2, -0.15) is 4.73 Å². The second-order valence-corrected chi connectivity index (χ2v) is 6.64. The zero-order chi connectivity index (χ0) is 21.0. The molecule has 0 saturated heterocycles. The van der Waals surface area contributed by atoms with Crippen molar-refractivity contribution in [1.82, 2.24) is 0 Å². The maximum Gasteiger partial charge on any atom is 0.347 e. The van der Waals surface area contributed by atoms with Crippen molar-refractivity contribution in [1.29, 1.82) is 0 Å². The Labute approximate surface area is 164 Å². The Morgan fingerprint density at radius 2 is 1.79 bits per heavy atom. The van der Waals surface area contributed by atoms with Crippen molar-refractivity contribution in [3.8, 4) is 5.75 Å². The van der Waals surface area contributed by atoms with Crippen molar-refractivity contribution in [2.75, 3.05) is 11.9 Å². The highest BCUT2D eigenvalue weighted by molar-refractivity contribution is 6.07. The fourth-order valence-electron chi connectivity index (χ4n) is 2.92. The number of hydrogen-bond donors (Lipinski definition) is 1. The first kappa shape index (κ1) is 21.2. The van der Waals surface area contributed by atoms with E-state index in [9.17, 15) is 14.8 Å². The van der Waals surface area contributed by atoms with E-state index >= 15 is 0 Å². The largest absolute Gasteiger partial charge is 0.618 e. The topological polar surface area (TPSA) is 91.6 Å². The molecule has 2 rings (SSSR count). The van der Waals surface area contributed by atoms with Gasteiger partial charge in [0, 0.05) is 25.6 Å². The van der Waals surface area contributed by atoms with Crippen LogP contribution in [0.1, 0.15) is 46.7 Å². The van der Waals surface area contributed by atoms with Crippen molar-refractivity contribution < 1.29 is 23.8 Å². The minimum atomic E-state index is -0.923. The molecule has 0 aliphatic heterocycles. The number of pyridine rings is 1. The summed E-state index contributed by atoms with van der Waals surface area (Å²) in [4.78, 5) is 25.0. The molecule has 1 amide bonds. The molecule has 1 aromatic carbocycles. The summed E-state index contributed by atoms with van der Waals surface area (Å²) in [6.07, 6.45) is -0.923. The van der Waals surface area contributed by atoms with E-state index in [0.29, 0.717) is 16.1 Å². The van der Waals surface area contributed by atoms with Gasteiger partial charge in [0.2, 0.25) is 5.69 Å². The number of amides is 1. The van der Waals surface area contributed by atoms with Crippen LogP contribution in [0.15, 0.2) is 24.3 Å². The van der Waals surface area contributed by atoms with Crippen LogP contribution >= 0.6 is 0 Å². The normalized spacial score (nSPS) is 11.6. The number of ether oxygens (including phenoxy) is 2. The third kappa shape index (κ3) is 4.42. The van der Waals surface area contributed by atoms with Crippen LogP contribution in [-0.4, -0.2) is 24.6 Å². The van der Waals surface area contributed by atoms with E-state index in [1.807, 2.05) is 32.0 Å². The van der Waals surface area contributed by atoms with Crippen molar-refractivity contribution in [2.24, 2.45) is 0 Å². The number of nitrogens with one attached hydrogen (secondary N) is 1. The zero-order valence-electron chi connectivity index (χ0n) is 17.1. The number of carbonyl (C=O) groups is 2. The molecule has 1 N–H and O–H groups in total. The predicted molar refractivity (Wildman–Crippen MR) is 105 cm³/mol. The Morgan fingerprint density at radius 3 is 2.36 bits per heavy atom. The summed E-state index contributed by atoms with van der Waals surface area (Å²) in [7, 11) is 0. The Morgan fingerprint density at radius 1 is 1.18 bits per heavy atom. The van der Waals surface area contributed by atoms with Gasteiger partial charge >= 0.3 is 5.97 Å². The molecule has 0 fully saturated rings. The summed E-state index contributed by atoms with van der Waals surface area (Å²) in [5, 5.41) is 15.2. The van der Waals surface area contributed by atoms with Crippen LogP contribution in [0.5, 0.6) is 5.75 Å². The molecule has 1 atom stereocenters. The van der Waals surface area contributed by atoms with E-state index in [0.717, 1.165) is 11.1 Å². The fourth-order valence-corrected chi connectivity index (χ4v) is 2.92. The molecular formula is C21H26N2O5. The average molecular weight is 386 g/mol. The second kappa shape index (κ2) is 8.73. The number of benzene rings is 1. The van der Waals surface area contributed by atoms with Gasteiger partial charge in [0.05, 0.1) is 6.61 Å². The molecule has 0 radical (unpaired) electrons. The Balaban J connectivity index is 2.45. The predicted octanol–water partition coefficient (Wildman–Crippen LogP) is 3.14. The number of rotatable bonds is 6. The number of anilines is 1. The van der Waals surface area contributed by atoms with Gasteiger partial charge in [-0.15, -0.1) is 0 Å². The van der Waals surface area contributed by atoms with E-state index in [1.165, 1.54) is 13.0 Å². The standard InChI is InChI=1S/C21H26N2O5/c1-7-27-21(25)16(6)28-17-11-14(4)23(26)15(5)18(17)20(24)22-19-12(2)9-8-10-13(19)3/h8-11,16H,7H2,1-6H3,(H,22,24). The first-order valence-electron chi connectivity index (χ1n) is 9.12. The van der Waals surface area contributed by atoms with Gasteiger partial charge in [-0.3, -0.25) is 4.79 Å². The lowest BCUT2D eigenvalue weighted by atomic mass is 10.1. The van der Waals surface area contributed by atoms with Gasteiger partial charge in [-0.25, -0.2) is 4.79 Å². The first-order chi connectivity index (χ1) is 13.2. The first-order valence-corrected chi connectivity index (χ1v) is 9.12. The van der Waals surface area contributed by atoms with Crippen LogP contribution in [-0.2, 0) is 9.53 Å². The second-order valence-electron chi connectivity index (χ2n) is 6.64. The molecule has 150 valence electrons. The number of aryl methyl sites for hydroxylation is 3. The molecule has 28 heavy (non-hydrogen) atoms. The minimum Gasteiger partial charge on any atom is -0.618 e. The summed E-state index contributed by atoms with van der Waals surface area (Å²) in [6.45, 7) is 10.4. The molecule has 1 unspecified atom stereocenters. The summed E-state index contributed by atoms with van der Waals surface area (Å²) >= 11 is 0. The summed E-state index contributed by atoms with van der Waals surface area (Å²) in [5.74, 6) is -0.866. The molecule has 7 nitrogen and oxygen atoms in total. The van der Waals surface area contributed by atoms with Crippen molar-refractivity contribution >= 4 is 17.6 Å². The molecule has 0 spiro atoms. The van der Waals surface area contributed by atoms with E-state index in [-0.39, 0.29) is 23.6 Å². The number of esters is 1. The Kier molecular flexibility index (Phi) is 6.62. The maximum atomic E-state index is 13.0. The van der Waals surface area contributed by atoms with E-state index in [2.05, 4.69) is 5.32 Å². The lowest BCUT2D eigenvalue weighted by molar-refractivity contribution is -0.619. The highest BCUT2D eigenvalue weighted by Gasteiger charge is 2.27. The van der Waals surface area contributed by atoms with Crippen molar-refractivity contribution in [2.45, 2.75) is 47.6 Å². The Hall–Kier alpha value is -3.09. The maximum absolute atomic E-state index is 13.0. The number of carbonyl (C=O) groups excluding carboxylic acids is 2. The van der Waals surface area contributed by atoms with Gasteiger partial charge in [-0.05, 0) is 38.8 Å². The molecule has 0 aliphatic carbocycles. The third-order valence-electron chi connectivity index (χ3n) is 4.44. The minimum absolute atomic E-state index is 0.0828. The van der Waals surface area contributed by atoms with Gasteiger partial charge in [-0.1, -0.05) is 18.2 Å². The van der Waals surface area contributed by atoms with Crippen LogP contribution < -0.4 is 14.8 Å². The highest BCUT2D eigenvalue weighted by atomic mass is 16.6. The van der Waals surface area contributed by atoms with Gasteiger partial charge in [0.1, 0.15) is 11.3 Å². The van der Waals surface area contributed by atoms with Gasteiger partial charge in [0.25, 0.3) is 5.91 Å². The van der Waals surface area contributed by atoms with Crippen molar-refractivity contribution in [3.63, 3.8) is 0 Å². The molecular weight excluding hydrogens is 360 g/mol. The SMILES string of the molecule is CCOC(=O)C(C)Oc1cc(C)[n+]([O-])c(C)c1C(=O)Nc1c(C)cccc1C. The van der Waals surface area contributed by atoms with Gasteiger partial charge in [0.15, 0.2) is 11.8 Å². The number of aromatic nitrogens is 1. The molecule has 7 heteroatoms. The highest BCUT2D eigenvalue weighted by Crippen LogP contribution is 2.26. The van der Waals surface area contributed by atoms with Crippen LogP contribution in [0.2, 0.25) is 0 Å². The number of para-hydroxylation sites is 1. The molecule has 0 aliphatic rings. The Bertz CT molecular complexity index is 888. The van der Waals surface area contributed by atoms with E-state index < -0.39 is 18.0 Å². The summed E-state index contributed by atoms with van der Waals surface area (Å²) < 4.78 is 11.3. The van der Waals surface area contributed by atoms with Crippen molar-refractivity contribution in [3.05, 3.63) is 57.6 Å². The number of hydrogen-bond acceptors (Lipinski definition) is 5. The van der Waals surface area contributed by atoms with Crippen LogP contribution in [0.3, 0.4) is 0 Å². The average Bonchev–Trinajstić information content (AvgIpc) is 2.63. The lowest BCUT2D eigenvalue weighted by Gasteiger charge is -2.19. The van der Waals surface area contributed by atoms with Crippen LogP contribution in [0.4, 0.5) is 5.69 Å². The van der Waals surface area contributed by atoms with Crippen LogP contribution in [0, 0.1) is 32.9 Å². The molecule has 1 aromatic heterocycles. The van der Waals surface area contributed by atoms with E-state index in [4.69, 9.17) is 9.47 Å². The molecule has 2 aromatic rings. The molecule has 0 bridgehead atoms. The summed E-state index contributed by atoms with van der Waals surface area (Å²) in [6, 6.07) is 7.13. The smallest absolute Gasteiger partial charge is 0.347 e. The zero-order valence-corrected chi connectivity index (χ0v) is 17.1.